The highest BCUT2D eigenvalue weighted by Gasteiger charge is 2.06. The van der Waals surface area contributed by atoms with E-state index in [0.29, 0.717) is 15.4 Å². The topological polar surface area (TPSA) is 37.3 Å². The molecule has 52 valence electrons. The number of carboxylic acid groups (broad SMARTS) is 1. The minimum Gasteiger partial charge on any atom is -0.478 e. The van der Waals surface area contributed by atoms with E-state index in [1.807, 2.05) is 0 Å². The summed E-state index contributed by atoms with van der Waals surface area (Å²) in [6, 6.07) is 0. The second kappa shape index (κ2) is 4.06. The van der Waals surface area contributed by atoms with E-state index >= 15 is 0 Å². The molecule has 0 heterocycles. The summed E-state index contributed by atoms with van der Waals surface area (Å²) in [5.74, 6) is -0.888. The molecule has 0 spiro atoms. The number of hydrogen-bond donors (Lipinski definition) is 1. The van der Waals surface area contributed by atoms with Crippen molar-refractivity contribution in [2.24, 2.45) is 0 Å². The summed E-state index contributed by atoms with van der Waals surface area (Å²) in [5.41, 5.74) is 0.356. The van der Waals surface area contributed by atoms with Gasteiger partial charge in [0.05, 0.1) is 8.96 Å². The van der Waals surface area contributed by atoms with E-state index in [2.05, 4.69) is 31.9 Å². The number of aliphatic carboxylic acids is 1. The van der Waals surface area contributed by atoms with Gasteiger partial charge in [-0.2, -0.15) is 0 Å². The van der Waals surface area contributed by atoms with Crippen LogP contribution in [0.2, 0.25) is 0 Å². The van der Waals surface area contributed by atoms with Crippen molar-refractivity contribution < 1.29 is 9.90 Å². The molecule has 0 aliphatic carbocycles. The van der Waals surface area contributed by atoms with E-state index in [1.54, 1.807) is 6.92 Å². The quantitative estimate of drug-likeness (QED) is 0.772. The van der Waals surface area contributed by atoms with Crippen LogP contribution < -0.4 is 0 Å². The lowest BCUT2D eigenvalue weighted by atomic mass is 10.2. The van der Waals surface area contributed by atoms with Crippen molar-refractivity contribution >= 4 is 37.8 Å². The molecule has 0 aromatic rings. The van der Waals surface area contributed by atoms with Crippen molar-refractivity contribution in [2.45, 2.75) is 13.3 Å². The van der Waals surface area contributed by atoms with Crippen LogP contribution in [0.4, 0.5) is 0 Å². The normalized spacial score (nSPS) is 8.78. The van der Waals surface area contributed by atoms with E-state index in [9.17, 15) is 4.79 Å². The first-order chi connectivity index (χ1) is 4.09. The number of carboxylic acids is 1. The highest BCUT2D eigenvalue weighted by atomic mass is 79.9. The largest absolute Gasteiger partial charge is 0.478 e. The minimum atomic E-state index is -0.888. The molecule has 9 heavy (non-hydrogen) atoms. The van der Waals surface area contributed by atoms with Crippen molar-refractivity contribution in [3.05, 3.63) is 8.96 Å². The Hall–Kier alpha value is 0.170. The standard InChI is InChI=1S/C5H6Br2O2/c1-2-3(4(6)7)5(8)9/h2H2,1H3,(H,8,9). The average Bonchev–Trinajstić information content (AvgIpc) is 1.64. The van der Waals surface area contributed by atoms with Gasteiger partial charge >= 0.3 is 5.97 Å². The fourth-order valence-corrected chi connectivity index (χ4v) is 1.27. The van der Waals surface area contributed by atoms with Crippen LogP contribution in [-0.2, 0) is 4.79 Å². The molecule has 1 N–H and O–H groups in total. The van der Waals surface area contributed by atoms with Crippen molar-refractivity contribution in [2.75, 3.05) is 0 Å². The van der Waals surface area contributed by atoms with Crippen molar-refractivity contribution in [1.82, 2.24) is 0 Å². The second-order valence-corrected chi connectivity index (χ2v) is 4.05. The molecule has 0 rings (SSSR count). The van der Waals surface area contributed by atoms with Crippen LogP contribution >= 0.6 is 31.9 Å². The first kappa shape index (κ1) is 9.17. The Labute approximate surface area is 70.2 Å². The summed E-state index contributed by atoms with van der Waals surface area (Å²) in [5, 5.41) is 8.43. The number of hydrogen-bond acceptors (Lipinski definition) is 1. The third-order valence-corrected chi connectivity index (χ3v) is 1.80. The molecule has 0 aliphatic rings. The number of halogens is 2. The Balaban J connectivity index is 4.35. The van der Waals surface area contributed by atoms with Gasteiger partial charge in [0.25, 0.3) is 0 Å². The predicted octanol–water partition coefficient (Wildman–Crippen LogP) is 2.48. The lowest BCUT2D eigenvalue weighted by Crippen LogP contribution is -1.98. The molecule has 0 unspecified atom stereocenters. The lowest BCUT2D eigenvalue weighted by molar-refractivity contribution is -0.132. The molecule has 0 aromatic heterocycles. The molecular weight excluding hydrogens is 252 g/mol. The van der Waals surface area contributed by atoms with Crippen LogP contribution in [0.5, 0.6) is 0 Å². The van der Waals surface area contributed by atoms with Gasteiger partial charge in [0.15, 0.2) is 0 Å². The number of carbonyl (C=O) groups is 1. The first-order valence-electron chi connectivity index (χ1n) is 2.37. The summed E-state index contributed by atoms with van der Waals surface area (Å²) < 4.78 is 0.519. The van der Waals surface area contributed by atoms with Crippen LogP contribution in [0.1, 0.15) is 13.3 Å². The summed E-state index contributed by atoms with van der Waals surface area (Å²) >= 11 is 6.03. The van der Waals surface area contributed by atoms with Crippen LogP contribution in [0.3, 0.4) is 0 Å². The van der Waals surface area contributed by atoms with E-state index < -0.39 is 5.97 Å². The van der Waals surface area contributed by atoms with Gasteiger partial charge in [0.1, 0.15) is 0 Å². The van der Waals surface area contributed by atoms with E-state index in [1.165, 1.54) is 0 Å². The van der Waals surface area contributed by atoms with Gasteiger partial charge in [-0.25, -0.2) is 4.79 Å². The van der Waals surface area contributed by atoms with E-state index in [0.717, 1.165) is 0 Å². The second-order valence-electron chi connectivity index (χ2n) is 1.40. The van der Waals surface area contributed by atoms with E-state index in [4.69, 9.17) is 5.11 Å². The molecule has 2 nitrogen and oxygen atoms in total. The maximum atomic E-state index is 10.3. The Morgan fingerprint density at radius 1 is 1.56 bits per heavy atom. The molecule has 0 bridgehead atoms. The zero-order valence-corrected chi connectivity index (χ0v) is 7.99. The Kier molecular flexibility index (Phi) is 4.14. The third kappa shape index (κ3) is 3.01. The third-order valence-electron chi connectivity index (χ3n) is 0.840. The van der Waals surface area contributed by atoms with Crippen molar-refractivity contribution in [3.63, 3.8) is 0 Å². The Bertz CT molecular complexity index is 147. The summed E-state index contributed by atoms with van der Waals surface area (Å²) in [4.78, 5) is 10.3. The van der Waals surface area contributed by atoms with Crippen molar-refractivity contribution in [3.8, 4) is 0 Å². The maximum Gasteiger partial charge on any atom is 0.333 e. The van der Waals surface area contributed by atoms with Crippen LogP contribution in [-0.4, -0.2) is 11.1 Å². The van der Waals surface area contributed by atoms with Crippen molar-refractivity contribution in [1.29, 1.82) is 0 Å². The molecule has 0 aliphatic heterocycles. The minimum absolute atomic E-state index is 0.356. The number of rotatable bonds is 2. The molecular formula is C5H6Br2O2. The lowest BCUT2D eigenvalue weighted by Gasteiger charge is -1.94. The molecule has 4 heteroatoms. The molecule has 0 amide bonds. The van der Waals surface area contributed by atoms with Crippen LogP contribution in [0, 0.1) is 0 Å². The zero-order valence-electron chi connectivity index (χ0n) is 4.82. The Morgan fingerprint density at radius 2 is 2.00 bits per heavy atom. The van der Waals surface area contributed by atoms with Crippen LogP contribution in [0.15, 0.2) is 8.96 Å². The van der Waals surface area contributed by atoms with Gasteiger partial charge in [0, 0.05) is 0 Å². The van der Waals surface area contributed by atoms with Crippen LogP contribution in [0.25, 0.3) is 0 Å². The fourth-order valence-electron chi connectivity index (χ4n) is 0.366. The molecule has 0 atom stereocenters. The average molecular weight is 258 g/mol. The SMILES string of the molecule is CCC(C(=O)O)=C(Br)Br. The van der Waals surface area contributed by atoms with E-state index in [-0.39, 0.29) is 0 Å². The molecule has 0 fully saturated rings. The highest BCUT2D eigenvalue weighted by Crippen LogP contribution is 2.21. The maximum absolute atomic E-state index is 10.3. The summed E-state index contributed by atoms with van der Waals surface area (Å²) in [7, 11) is 0. The first-order valence-corrected chi connectivity index (χ1v) is 3.95. The zero-order chi connectivity index (χ0) is 7.44. The van der Waals surface area contributed by atoms with Gasteiger partial charge in [-0.15, -0.1) is 0 Å². The summed E-state index contributed by atoms with van der Waals surface area (Å²) in [6.45, 7) is 1.78. The smallest absolute Gasteiger partial charge is 0.333 e. The predicted molar refractivity (Wildman–Crippen MR) is 42.8 cm³/mol. The fraction of sp³-hybridized carbons (Fsp3) is 0.400. The molecule has 0 saturated carbocycles. The van der Waals surface area contributed by atoms with Gasteiger partial charge in [-0.3, -0.25) is 0 Å². The monoisotopic (exact) mass is 256 g/mol. The van der Waals surface area contributed by atoms with Gasteiger partial charge in [-0.05, 0) is 38.3 Å². The molecule has 0 saturated heterocycles. The summed E-state index contributed by atoms with van der Waals surface area (Å²) in [6.07, 6.45) is 0.515. The highest BCUT2D eigenvalue weighted by molar-refractivity contribution is 9.28. The molecule has 0 radical (unpaired) electrons. The van der Waals surface area contributed by atoms with Gasteiger partial charge < -0.3 is 5.11 Å². The van der Waals surface area contributed by atoms with Gasteiger partial charge in [0.2, 0.25) is 0 Å². The van der Waals surface area contributed by atoms with Gasteiger partial charge in [-0.1, -0.05) is 6.92 Å². The molecule has 0 aromatic carbocycles. The Morgan fingerprint density at radius 3 is 2.00 bits per heavy atom.